The Morgan fingerprint density at radius 2 is 1.79 bits per heavy atom. The van der Waals surface area contributed by atoms with Crippen LogP contribution in [0, 0.1) is 6.92 Å². The van der Waals surface area contributed by atoms with E-state index in [-0.39, 0.29) is 5.91 Å². The van der Waals surface area contributed by atoms with Gasteiger partial charge in [-0.2, -0.15) is 0 Å². The van der Waals surface area contributed by atoms with Gasteiger partial charge in [-0.1, -0.05) is 60.2 Å². The van der Waals surface area contributed by atoms with Crippen LogP contribution in [-0.4, -0.2) is 30.9 Å². The maximum absolute atomic E-state index is 12.1. The van der Waals surface area contributed by atoms with Crippen LogP contribution in [0.1, 0.15) is 29.2 Å². The van der Waals surface area contributed by atoms with Gasteiger partial charge in [0.05, 0.1) is 0 Å². The summed E-state index contributed by atoms with van der Waals surface area (Å²) in [7, 11) is 2.09. The largest absolute Gasteiger partial charge is 0.354 e. The van der Waals surface area contributed by atoms with E-state index in [2.05, 4.69) is 41.5 Å². The van der Waals surface area contributed by atoms with Crippen LogP contribution in [-0.2, 0) is 11.3 Å². The third-order valence-corrected chi connectivity index (χ3v) is 4.03. The molecule has 1 amide bonds. The number of nitrogens with zero attached hydrogens (tertiary/aromatic N) is 1. The smallest absolute Gasteiger partial charge is 0.241 e. The van der Waals surface area contributed by atoms with Crippen molar-refractivity contribution < 1.29 is 4.79 Å². The van der Waals surface area contributed by atoms with E-state index in [0.29, 0.717) is 6.54 Å². The normalized spacial score (nSPS) is 12.2. The Morgan fingerprint density at radius 1 is 1.12 bits per heavy atom. The van der Waals surface area contributed by atoms with Crippen LogP contribution in [0.3, 0.4) is 0 Å². The minimum atomic E-state index is -0.604. The fourth-order valence-electron chi connectivity index (χ4n) is 2.57. The van der Waals surface area contributed by atoms with E-state index < -0.39 is 6.04 Å². The highest BCUT2D eigenvalue weighted by atomic mass is 16.2. The Labute approximate surface area is 144 Å². The van der Waals surface area contributed by atoms with E-state index in [9.17, 15) is 4.79 Å². The van der Waals surface area contributed by atoms with Crippen LogP contribution >= 0.6 is 0 Å². The molecule has 1 unspecified atom stereocenters. The van der Waals surface area contributed by atoms with Crippen LogP contribution in [0.25, 0.3) is 0 Å². The summed E-state index contributed by atoms with van der Waals surface area (Å²) in [5, 5.41) is 2.92. The Balaban J connectivity index is 1.68. The molecule has 4 heteroatoms. The number of carbonyl (C=O) groups excluding carboxylic acids is 1. The highest BCUT2D eigenvalue weighted by Gasteiger charge is 2.14. The van der Waals surface area contributed by atoms with Crippen molar-refractivity contribution in [3.05, 3.63) is 71.3 Å². The lowest BCUT2D eigenvalue weighted by Crippen LogP contribution is -2.35. The number of nitrogens with one attached hydrogen (secondary N) is 1. The zero-order valence-corrected chi connectivity index (χ0v) is 14.5. The Kier molecular flexibility index (Phi) is 6.97. The minimum absolute atomic E-state index is 0.121. The monoisotopic (exact) mass is 325 g/mol. The van der Waals surface area contributed by atoms with E-state index in [4.69, 9.17) is 5.73 Å². The number of amides is 1. The molecule has 1 atom stereocenters. The van der Waals surface area contributed by atoms with Gasteiger partial charge in [0.1, 0.15) is 6.04 Å². The molecule has 24 heavy (non-hydrogen) atoms. The molecule has 0 aromatic heterocycles. The van der Waals surface area contributed by atoms with Gasteiger partial charge in [-0.25, -0.2) is 0 Å². The molecular formula is C20H27N3O. The predicted molar refractivity (Wildman–Crippen MR) is 98.5 cm³/mol. The van der Waals surface area contributed by atoms with Gasteiger partial charge in [0.15, 0.2) is 0 Å². The molecule has 0 saturated heterocycles. The van der Waals surface area contributed by atoms with Crippen molar-refractivity contribution in [1.29, 1.82) is 0 Å². The number of rotatable bonds is 8. The summed E-state index contributed by atoms with van der Waals surface area (Å²) in [4.78, 5) is 14.4. The lowest BCUT2D eigenvalue weighted by Gasteiger charge is -2.17. The van der Waals surface area contributed by atoms with Crippen molar-refractivity contribution in [2.45, 2.75) is 25.9 Å². The summed E-state index contributed by atoms with van der Waals surface area (Å²) in [6.07, 6.45) is 0.899. The maximum Gasteiger partial charge on any atom is 0.241 e. The molecule has 0 aliphatic carbocycles. The fourth-order valence-corrected chi connectivity index (χ4v) is 2.57. The lowest BCUT2D eigenvalue weighted by molar-refractivity contribution is -0.122. The molecule has 0 aliphatic rings. The summed E-state index contributed by atoms with van der Waals surface area (Å²) in [6.45, 7) is 4.49. The van der Waals surface area contributed by atoms with Crippen LogP contribution < -0.4 is 11.1 Å². The third kappa shape index (κ3) is 5.80. The van der Waals surface area contributed by atoms with Gasteiger partial charge in [-0.05, 0) is 38.1 Å². The summed E-state index contributed by atoms with van der Waals surface area (Å²) in [5.74, 6) is -0.121. The molecule has 2 aromatic carbocycles. The van der Waals surface area contributed by atoms with Gasteiger partial charge in [-0.15, -0.1) is 0 Å². The van der Waals surface area contributed by atoms with Crippen molar-refractivity contribution in [3.63, 3.8) is 0 Å². The molecule has 0 heterocycles. The van der Waals surface area contributed by atoms with Gasteiger partial charge in [0.2, 0.25) is 5.91 Å². The van der Waals surface area contributed by atoms with E-state index in [0.717, 1.165) is 30.6 Å². The first-order valence-electron chi connectivity index (χ1n) is 8.38. The maximum atomic E-state index is 12.1. The fraction of sp³-hybridized carbons (Fsp3) is 0.350. The van der Waals surface area contributed by atoms with E-state index in [1.807, 2.05) is 37.3 Å². The molecule has 3 N–H and O–H groups in total. The molecule has 0 bridgehead atoms. The van der Waals surface area contributed by atoms with Gasteiger partial charge in [-0.3, -0.25) is 4.79 Å². The average Bonchev–Trinajstić information content (AvgIpc) is 2.59. The summed E-state index contributed by atoms with van der Waals surface area (Å²) >= 11 is 0. The molecule has 128 valence electrons. The molecule has 0 spiro atoms. The highest BCUT2D eigenvalue weighted by molar-refractivity contribution is 5.82. The SMILES string of the molecule is Cc1ccc(C(N)C(=O)NCCCN(C)Cc2ccccc2)cc1. The van der Waals surface area contributed by atoms with Gasteiger partial charge in [0, 0.05) is 13.1 Å². The number of hydrogen-bond acceptors (Lipinski definition) is 3. The first-order valence-corrected chi connectivity index (χ1v) is 8.38. The minimum Gasteiger partial charge on any atom is -0.354 e. The average molecular weight is 325 g/mol. The Morgan fingerprint density at radius 3 is 2.46 bits per heavy atom. The highest BCUT2D eigenvalue weighted by Crippen LogP contribution is 2.11. The van der Waals surface area contributed by atoms with Crippen LogP contribution in [0.5, 0.6) is 0 Å². The third-order valence-electron chi connectivity index (χ3n) is 4.03. The van der Waals surface area contributed by atoms with E-state index >= 15 is 0 Å². The first-order chi connectivity index (χ1) is 11.6. The van der Waals surface area contributed by atoms with E-state index in [1.165, 1.54) is 5.56 Å². The van der Waals surface area contributed by atoms with E-state index in [1.54, 1.807) is 0 Å². The first kappa shape index (κ1) is 18.2. The van der Waals surface area contributed by atoms with Gasteiger partial charge < -0.3 is 16.0 Å². The molecule has 0 saturated carbocycles. The molecule has 2 rings (SSSR count). The number of benzene rings is 2. The zero-order valence-electron chi connectivity index (χ0n) is 14.5. The van der Waals surface area contributed by atoms with Gasteiger partial charge in [0.25, 0.3) is 0 Å². The zero-order chi connectivity index (χ0) is 17.4. The molecule has 0 aliphatic heterocycles. The summed E-state index contributed by atoms with van der Waals surface area (Å²) < 4.78 is 0. The quantitative estimate of drug-likeness (QED) is 0.734. The molecule has 0 fully saturated rings. The second-order valence-corrected chi connectivity index (χ2v) is 6.26. The summed E-state index contributed by atoms with van der Waals surface area (Å²) in [6, 6.07) is 17.5. The predicted octanol–water partition coefficient (Wildman–Crippen LogP) is 2.63. The second-order valence-electron chi connectivity index (χ2n) is 6.26. The number of carbonyl (C=O) groups is 1. The topological polar surface area (TPSA) is 58.4 Å². The lowest BCUT2D eigenvalue weighted by atomic mass is 10.1. The molecular weight excluding hydrogens is 298 g/mol. The standard InChI is InChI=1S/C20H27N3O/c1-16-9-11-18(12-10-16)19(21)20(24)22-13-6-14-23(2)15-17-7-4-3-5-8-17/h3-5,7-12,19H,6,13-15,21H2,1-2H3,(H,22,24). The number of aryl methyl sites for hydroxylation is 1. The molecule has 0 radical (unpaired) electrons. The molecule has 4 nitrogen and oxygen atoms in total. The Bertz CT molecular complexity index is 625. The van der Waals surface area contributed by atoms with Crippen molar-refractivity contribution in [2.24, 2.45) is 5.73 Å². The van der Waals surface area contributed by atoms with Crippen molar-refractivity contribution in [2.75, 3.05) is 20.1 Å². The molecule has 2 aromatic rings. The second kappa shape index (κ2) is 9.21. The number of nitrogens with two attached hydrogens (primary N) is 1. The summed E-state index contributed by atoms with van der Waals surface area (Å²) in [5.41, 5.74) is 9.31. The van der Waals surface area contributed by atoms with Gasteiger partial charge >= 0.3 is 0 Å². The van der Waals surface area contributed by atoms with Crippen molar-refractivity contribution in [3.8, 4) is 0 Å². The van der Waals surface area contributed by atoms with Crippen LogP contribution in [0.4, 0.5) is 0 Å². The van der Waals surface area contributed by atoms with Crippen LogP contribution in [0.2, 0.25) is 0 Å². The van der Waals surface area contributed by atoms with Crippen LogP contribution in [0.15, 0.2) is 54.6 Å². The van der Waals surface area contributed by atoms with Crippen molar-refractivity contribution in [1.82, 2.24) is 10.2 Å². The number of hydrogen-bond donors (Lipinski definition) is 2. The Hall–Kier alpha value is -2.17. The van der Waals surface area contributed by atoms with Crippen molar-refractivity contribution >= 4 is 5.91 Å².